The second kappa shape index (κ2) is 3.82. The Morgan fingerprint density at radius 2 is 2.62 bits per heavy atom. The maximum absolute atomic E-state index is 8.97. The monoisotopic (exact) mass is 218 g/mol. The van der Waals surface area contributed by atoms with Crippen LogP contribution in [0.3, 0.4) is 0 Å². The highest BCUT2D eigenvalue weighted by molar-refractivity contribution is 7.19. The van der Waals surface area contributed by atoms with Crippen molar-refractivity contribution < 1.29 is 5.11 Å². The molecule has 13 heavy (non-hydrogen) atoms. The Morgan fingerprint density at radius 1 is 1.77 bits per heavy atom. The van der Waals surface area contributed by atoms with E-state index in [0.717, 1.165) is 29.0 Å². The highest BCUT2D eigenvalue weighted by Crippen LogP contribution is 2.29. The Morgan fingerprint density at radius 3 is 3.15 bits per heavy atom. The molecule has 3 nitrogen and oxygen atoms in total. The normalized spacial score (nSPS) is 22.6. The lowest BCUT2D eigenvalue weighted by molar-refractivity contribution is 0.238. The van der Waals surface area contributed by atoms with Crippen LogP contribution in [0.15, 0.2) is 6.20 Å². The predicted octanol–water partition coefficient (Wildman–Crippen LogP) is 1.62. The Kier molecular flexibility index (Phi) is 2.71. The van der Waals surface area contributed by atoms with Gasteiger partial charge in [0.2, 0.25) is 0 Å². The Bertz CT molecular complexity index is 291. The van der Waals surface area contributed by atoms with Crippen LogP contribution in [0.1, 0.15) is 6.42 Å². The molecule has 2 rings (SSSR count). The second-order valence-electron chi connectivity index (χ2n) is 3.23. The fraction of sp³-hybridized carbons (Fsp3) is 0.625. The number of aliphatic hydroxyl groups is 1. The average Bonchev–Trinajstić information content (AvgIpc) is 2.71. The van der Waals surface area contributed by atoms with E-state index in [1.807, 2.05) is 0 Å². The molecule has 72 valence electrons. The summed E-state index contributed by atoms with van der Waals surface area (Å²) >= 11 is 7.29. The topological polar surface area (TPSA) is 36.4 Å². The van der Waals surface area contributed by atoms with Crippen molar-refractivity contribution in [2.24, 2.45) is 5.92 Å². The summed E-state index contributed by atoms with van der Waals surface area (Å²) in [6.45, 7) is 2.16. The van der Waals surface area contributed by atoms with E-state index < -0.39 is 0 Å². The molecule has 1 N–H and O–H groups in total. The van der Waals surface area contributed by atoms with Crippen LogP contribution in [0.5, 0.6) is 0 Å². The molecule has 0 bridgehead atoms. The molecule has 1 aliphatic rings. The van der Waals surface area contributed by atoms with Crippen molar-refractivity contribution in [2.45, 2.75) is 6.42 Å². The van der Waals surface area contributed by atoms with E-state index >= 15 is 0 Å². The molecule has 0 radical (unpaired) electrons. The van der Waals surface area contributed by atoms with Crippen molar-refractivity contribution >= 4 is 28.1 Å². The van der Waals surface area contributed by atoms with Crippen LogP contribution in [-0.2, 0) is 0 Å². The fourth-order valence-electron chi connectivity index (χ4n) is 1.55. The summed E-state index contributed by atoms with van der Waals surface area (Å²) in [5, 5.41) is 9.94. The molecule has 1 aromatic rings. The summed E-state index contributed by atoms with van der Waals surface area (Å²) < 4.78 is 0.724. The summed E-state index contributed by atoms with van der Waals surface area (Å²) in [4.78, 5) is 6.38. The number of aliphatic hydroxyl groups excluding tert-OH is 1. The zero-order chi connectivity index (χ0) is 9.26. The first-order chi connectivity index (χ1) is 6.29. The molecule has 5 heteroatoms. The minimum absolute atomic E-state index is 0.273. The lowest BCUT2D eigenvalue weighted by Crippen LogP contribution is -2.20. The van der Waals surface area contributed by atoms with Crippen LogP contribution < -0.4 is 4.90 Å². The molecule has 1 saturated heterocycles. The van der Waals surface area contributed by atoms with Gasteiger partial charge in [0, 0.05) is 25.6 Å². The quantitative estimate of drug-likeness (QED) is 0.820. The van der Waals surface area contributed by atoms with Crippen LogP contribution in [0, 0.1) is 5.92 Å². The van der Waals surface area contributed by atoms with Crippen LogP contribution in [0.2, 0.25) is 4.34 Å². The van der Waals surface area contributed by atoms with Crippen molar-refractivity contribution in [3.05, 3.63) is 10.5 Å². The van der Waals surface area contributed by atoms with Crippen molar-refractivity contribution in [1.29, 1.82) is 0 Å². The number of hydrogen-bond donors (Lipinski definition) is 1. The third-order valence-electron chi connectivity index (χ3n) is 2.28. The smallest absolute Gasteiger partial charge is 0.186 e. The minimum Gasteiger partial charge on any atom is -0.396 e. The van der Waals surface area contributed by atoms with Gasteiger partial charge in [-0.25, -0.2) is 4.98 Å². The van der Waals surface area contributed by atoms with Crippen LogP contribution >= 0.6 is 22.9 Å². The third-order valence-corrected chi connectivity index (χ3v) is 3.46. The number of anilines is 1. The first-order valence-electron chi connectivity index (χ1n) is 4.26. The molecule has 1 atom stereocenters. The number of thiazole rings is 1. The van der Waals surface area contributed by atoms with Gasteiger partial charge in [0.25, 0.3) is 0 Å². The number of hydrogen-bond acceptors (Lipinski definition) is 4. The maximum Gasteiger partial charge on any atom is 0.186 e. The largest absolute Gasteiger partial charge is 0.396 e. The summed E-state index contributed by atoms with van der Waals surface area (Å²) in [6, 6.07) is 0. The zero-order valence-corrected chi connectivity index (χ0v) is 8.68. The maximum atomic E-state index is 8.97. The summed E-state index contributed by atoms with van der Waals surface area (Å²) in [5.41, 5.74) is 0. The zero-order valence-electron chi connectivity index (χ0n) is 7.11. The molecule has 2 heterocycles. The van der Waals surface area contributed by atoms with Crippen LogP contribution in [-0.4, -0.2) is 29.8 Å². The lowest BCUT2D eigenvalue weighted by Gasteiger charge is -2.13. The van der Waals surface area contributed by atoms with Crippen molar-refractivity contribution in [3.8, 4) is 0 Å². The highest BCUT2D eigenvalue weighted by atomic mass is 35.5. The first kappa shape index (κ1) is 9.24. The first-order valence-corrected chi connectivity index (χ1v) is 5.46. The number of rotatable bonds is 2. The molecule has 0 amide bonds. The fourth-order valence-corrected chi connectivity index (χ4v) is 2.48. The highest BCUT2D eigenvalue weighted by Gasteiger charge is 2.23. The number of aromatic nitrogens is 1. The van der Waals surface area contributed by atoms with Crippen LogP contribution in [0.4, 0.5) is 5.13 Å². The standard InChI is InChI=1S/C8H11ClN2OS/c9-7-3-10-8(13-7)11-2-1-6(4-11)5-12/h3,6,12H,1-2,4-5H2. The molecule has 0 aliphatic carbocycles. The molecular weight excluding hydrogens is 208 g/mol. The molecule has 0 aromatic carbocycles. The van der Waals surface area contributed by atoms with Gasteiger partial charge < -0.3 is 10.0 Å². The van der Waals surface area contributed by atoms with E-state index in [1.54, 1.807) is 6.20 Å². The van der Waals surface area contributed by atoms with Gasteiger partial charge in [-0.05, 0) is 6.42 Å². The van der Waals surface area contributed by atoms with E-state index in [-0.39, 0.29) is 6.61 Å². The van der Waals surface area contributed by atoms with Crippen molar-refractivity contribution in [2.75, 3.05) is 24.6 Å². The SMILES string of the molecule is OCC1CCN(c2ncc(Cl)s2)C1. The Hall–Kier alpha value is -0.320. The minimum atomic E-state index is 0.273. The second-order valence-corrected chi connectivity index (χ2v) is 4.87. The van der Waals surface area contributed by atoms with Crippen molar-refractivity contribution in [3.63, 3.8) is 0 Å². The Labute approximate surface area is 86.0 Å². The predicted molar refractivity (Wildman–Crippen MR) is 54.5 cm³/mol. The van der Waals surface area contributed by atoms with Gasteiger partial charge >= 0.3 is 0 Å². The molecule has 0 spiro atoms. The molecule has 1 aromatic heterocycles. The van der Waals surface area contributed by atoms with E-state index in [2.05, 4.69) is 9.88 Å². The van der Waals surface area contributed by atoms with Crippen LogP contribution in [0.25, 0.3) is 0 Å². The van der Waals surface area contributed by atoms with Gasteiger partial charge in [-0.1, -0.05) is 22.9 Å². The molecule has 1 fully saturated rings. The molecule has 1 unspecified atom stereocenters. The van der Waals surface area contributed by atoms with Gasteiger partial charge in [-0.15, -0.1) is 0 Å². The van der Waals surface area contributed by atoms with E-state index in [1.165, 1.54) is 11.3 Å². The van der Waals surface area contributed by atoms with E-state index in [4.69, 9.17) is 16.7 Å². The van der Waals surface area contributed by atoms with Gasteiger partial charge in [-0.2, -0.15) is 0 Å². The molecule has 0 saturated carbocycles. The third kappa shape index (κ3) is 1.95. The summed E-state index contributed by atoms with van der Waals surface area (Å²) in [7, 11) is 0. The van der Waals surface area contributed by atoms with Gasteiger partial charge in [-0.3, -0.25) is 0 Å². The molecular formula is C8H11ClN2OS. The number of nitrogens with zero attached hydrogens (tertiary/aromatic N) is 2. The van der Waals surface area contributed by atoms with E-state index in [9.17, 15) is 0 Å². The lowest BCUT2D eigenvalue weighted by atomic mass is 10.1. The Balaban J connectivity index is 2.03. The van der Waals surface area contributed by atoms with Gasteiger partial charge in [0.15, 0.2) is 5.13 Å². The molecule has 1 aliphatic heterocycles. The number of halogens is 1. The summed E-state index contributed by atoms with van der Waals surface area (Å²) in [5.74, 6) is 0.405. The van der Waals surface area contributed by atoms with E-state index in [0.29, 0.717) is 5.92 Å². The van der Waals surface area contributed by atoms with Gasteiger partial charge in [0.1, 0.15) is 4.34 Å². The summed E-state index contributed by atoms with van der Waals surface area (Å²) in [6.07, 6.45) is 2.72. The van der Waals surface area contributed by atoms with Crippen molar-refractivity contribution in [1.82, 2.24) is 4.98 Å². The van der Waals surface area contributed by atoms with Gasteiger partial charge in [0.05, 0.1) is 6.20 Å². The average molecular weight is 219 g/mol.